The van der Waals surface area contributed by atoms with Gasteiger partial charge in [0.2, 0.25) is 0 Å². The van der Waals surface area contributed by atoms with E-state index in [0.29, 0.717) is 17.3 Å². The molecular weight excluding hydrogens is 252 g/mol. The maximum absolute atomic E-state index is 4.93. The first-order valence-corrected chi connectivity index (χ1v) is 7.87. The van der Waals surface area contributed by atoms with Gasteiger partial charge in [-0.1, -0.05) is 26.8 Å². The van der Waals surface area contributed by atoms with Crippen LogP contribution in [0.2, 0.25) is 0 Å². The Hall–Kier alpha value is -1.22. The van der Waals surface area contributed by atoms with E-state index < -0.39 is 0 Å². The predicted octanol–water partition coefficient (Wildman–Crippen LogP) is 4.45. The van der Waals surface area contributed by atoms with Crippen molar-refractivity contribution in [3.8, 4) is 10.7 Å². The zero-order valence-corrected chi connectivity index (χ0v) is 12.4. The second-order valence-electron chi connectivity index (χ2n) is 6.51. The zero-order valence-electron chi connectivity index (χ0n) is 11.6. The van der Waals surface area contributed by atoms with Crippen molar-refractivity contribution in [3.05, 3.63) is 35.0 Å². The van der Waals surface area contributed by atoms with Crippen LogP contribution in [-0.2, 0) is 0 Å². The standard InChI is InChI=1S/C16H18N2S/c1-9-11-8-12(16(11,2)3)10-4-5-13(18-14(9)10)15-17-6-7-19-15/h4-7,9,11-12H,8H2,1-3H3/t9-,11+,12-/m0/s1. The van der Waals surface area contributed by atoms with Crippen molar-refractivity contribution in [2.75, 3.05) is 0 Å². The summed E-state index contributed by atoms with van der Waals surface area (Å²) in [4.78, 5) is 9.31. The van der Waals surface area contributed by atoms with Crippen molar-refractivity contribution < 1.29 is 0 Å². The van der Waals surface area contributed by atoms with Gasteiger partial charge in [0.1, 0.15) is 5.01 Å². The summed E-state index contributed by atoms with van der Waals surface area (Å²) in [6.07, 6.45) is 3.20. The molecule has 3 heteroatoms. The van der Waals surface area contributed by atoms with Gasteiger partial charge in [0.15, 0.2) is 0 Å². The molecule has 2 aromatic rings. The Kier molecular flexibility index (Phi) is 2.23. The van der Waals surface area contributed by atoms with Crippen LogP contribution in [0.25, 0.3) is 10.7 Å². The van der Waals surface area contributed by atoms with Crippen LogP contribution in [0.5, 0.6) is 0 Å². The normalized spacial score (nSPS) is 30.6. The molecule has 3 aliphatic rings. The van der Waals surface area contributed by atoms with Crippen LogP contribution in [-0.4, -0.2) is 9.97 Å². The van der Waals surface area contributed by atoms with Gasteiger partial charge in [0.25, 0.3) is 0 Å². The predicted molar refractivity (Wildman–Crippen MR) is 78.4 cm³/mol. The first-order valence-electron chi connectivity index (χ1n) is 6.99. The summed E-state index contributed by atoms with van der Waals surface area (Å²) in [6.45, 7) is 7.18. The molecule has 0 amide bonds. The van der Waals surface area contributed by atoms with Crippen LogP contribution >= 0.6 is 11.3 Å². The van der Waals surface area contributed by atoms with E-state index in [1.165, 1.54) is 17.7 Å². The van der Waals surface area contributed by atoms with Crippen molar-refractivity contribution >= 4 is 11.3 Å². The first kappa shape index (κ1) is 11.6. The summed E-state index contributed by atoms with van der Waals surface area (Å²) in [6, 6.07) is 4.45. The minimum Gasteiger partial charge on any atom is -0.250 e. The summed E-state index contributed by atoms with van der Waals surface area (Å²) in [7, 11) is 0. The Balaban J connectivity index is 1.84. The topological polar surface area (TPSA) is 25.8 Å². The molecule has 0 aliphatic heterocycles. The van der Waals surface area contributed by atoms with Gasteiger partial charge in [0.05, 0.1) is 5.69 Å². The van der Waals surface area contributed by atoms with Crippen molar-refractivity contribution in [2.45, 2.75) is 39.0 Å². The molecule has 1 saturated carbocycles. The highest BCUT2D eigenvalue weighted by Crippen LogP contribution is 2.66. The highest BCUT2D eigenvalue weighted by atomic mass is 32.1. The Bertz CT molecular complexity index is 630. The minimum absolute atomic E-state index is 0.455. The summed E-state index contributed by atoms with van der Waals surface area (Å²) >= 11 is 1.67. The van der Waals surface area contributed by atoms with Crippen molar-refractivity contribution in [1.29, 1.82) is 0 Å². The van der Waals surface area contributed by atoms with Crippen molar-refractivity contribution in [2.24, 2.45) is 11.3 Å². The molecule has 2 aromatic heterocycles. The molecule has 0 aromatic carbocycles. The second-order valence-corrected chi connectivity index (χ2v) is 7.41. The van der Waals surface area contributed by atoms with Crippen LogP contribution in [0.4, 0.5) is 0 Å². The fraction of sp³-hybridized carbons (Fsp3) is 0.500. The Morgan fingerprint density at radius 3 is 2.84 bits per heavy atom. The van der Waals surface area contributed by atoms with E-state index in [-0.39, 0.29) is 0 Å². The highest BCUT2D eigenvalue weighted by molar-refractivity contribution is 7.13. The van der Waals surface area contributed by atoms with E-state index in [0.717, 1.165) is 16.6 Å². The molecular formula is C16H18N2S. The Morgan fingerprint density at radius 2 is 2.16 bits per heavy atom. The molecule has 0 spiro atoms. The Labute approximate surface area is 117 Å². The maximum atomic E-state index is 4.93. The number of rotatable bonds is 1. The molecule has 1 fully saturated rings. The van der Waals surface area contributed by atoms with Gasteiger partial charge in [0, 0.05) is 23.2 Å². The van der Waals surface area contributed by atoms with Crippen molar-refractivity contribution in [1.82, 2.24) is 9.97 Å². The van der Waals surface area contributed by atoms with Crippen molar-refractivity contribution in [3.63, 3.8) is 0 Å². The summed E-state index contributed by atoms with van der Waals surface area (Å²) in [5.41, 5.74) is 4.31. The minimum atomic E-state index is 0.455. The largest absolute Gasteiger partial charge is 0.250 e. The van der Waals surface area contributed by atoms with Gasteiger partial charge in [-0.2, -0.15) is 0 Å². The van der Waals surface area contributed by atoms with Crippen LogP contribution in [0.1, 0.15) is 50.3 Å². The SMILES string of the molecule is C[C@@H]1c2nc(-c3nccs3)ccc2[C@@H]2C[C@H]1C2(C)C. The lowest BCUT2D eigenvalue weighted by atomic mass is 9.45. The molecule has 5 rings (SSSR count). The van der Waals surface area contributed by atoms with Gasteiger partial charge < -0.3 is 0 Å². The quantitative estimate of drug-likeness (QED) is 0.765. The first-order chi connectivity index (χ1) is 9.09. The highest BCUT2D eigenvalue weighted by Gasteiger charge is 2.56. The maximum Gasteiger partial charge on any atom is 0.141 e. The second kappa shape index (κ2) is 3.66. The fourth-order valence-corrected chi connectivity index (χ4v) is 4.75. The molecule has 0 saturated heterocycles. The van der Waals surface area contributed by atoms with E-state index in [1.54, 1.807) is 11.3 Å². The number of nitrogens with zero attached hydrogens (tertiary/aromatic N) is 2. The van der Waals surface area contributed by atoms with E-state index in [1.807, 2.05) is 11.6 Å². The molecule has 2 bridgehead atoms. The van der Waals surface area contributed by atoms with Gasteiger partial charge in [-0.15, -0.1) is 11.3 Å². The summed E-state index contributed by atoms with van der Waals surface area (Å²) in [5.74, 6) is 2.08. The third-order valence-corrected chi connectivity index (χ3v) is 6.16. The molecule has 3 aliphatic carbocycles. The van der Waals surface area contributed by atoms with Crippen LogP contribution < -0.4 is 0 Å². The molecule has 2 heterocycles. The molecule has 2 nitrogen and oxygen atoms in total. The zero-order chi connectivity index (χ0) is 13.2. The van der Waals surface area contributed by atoms with Gasteiger partial charge in [-0.3, -0.25) is 0 Å². The molecule has 0 unspecified atom stereocenters. The average Bonchev–Trinajstić information content (AvgIpc) is 2.91. The lowest BCUT2D eigenvalue weighted by Gasteiger charge is -2.59. The summed E-state index contributed by atoms with van der Waals surface area (Å²) < 4.78 is 0. The number of pyridine rings is 1. The average molecular weight is 270 g/mol. The van der Waals surface area contributed by atoms with Gasteiger partial charge in [-0.25, -0.2) is 9.97 Å². The van der Waals surface area contributed by atoms with Gasteiger partial charge >= 0.3 is 0 Å². The smallest absolute Gasteiger partial charge is 0.141 e. The lowest BCUT2D eigenvalue weighted by Crippen LogP contribution is -2.50. The fourth-order valence-electron chi connectivity index (χ4n) is 4.14. The van der Waals surface area contributed by atoms with E-state index in [2.05, 4.69) is 37.9 Å². The van der Waals surface area contributed by atoms with Crippen LogP contribution in [0.15, 0.2) is 23.7 Å². The number of thiazole rings is 1. The molecule has 3 atom stereocenters. The molecule has 19 heavy (non-hydrogen) atoms. The van der Waals surface area contributed by atoms with E-state index in [9.17, 15) is 0 Å². The van der Waals surface area contributed by atoms with Gasteiger partial charge in [-0.05, 0) is 35.3 Å². The Morgan fingerprint density at radius 1 is 1.32 bits per heavy atom. The summed E-state index contributed by atoms with van der Waals surface area (Å²) in [5, 5.41) is 3.05. The molecule has 0 N–H and O–H groups in total. The monoisotopic (exact) mass is 270 g/mol. The van der Waals surface area contributed by atoms with Crippen LogP contribution in [0.3, 0.4) is 0 Å². The van der Waals surface area contributed by atoms with Crippen LogP contribution in [0, 0.1) is 11.3 Å². The molecule has 0 radical (unpaired) electrons. The third kappa shape index (κ3) is 1.42. The number of hydrogen-bond acceptors (Lipinski definition) is 3. The molecule has 98 valence electrons. The third-order valence-electron chi connectivity index (χ3n) is 5.36. The number of hydrogen-bond donors (Lipinski definition) is 0. The van der Waals surface area contributed by atoms with E-state index in [4.69, 9.17) is 4.98 Å². The lowest BCUT2D eigenvalue weighted by molar-refractivity contribution is -0.00270. The van der Waals surface area contributed by atoms with E-state index >= 15 is 0 Å². The number of aromatic nitrogens is 2.